The Balaban J connectivity index is 1.75. The Kier molecular flexibility index (Phi) is 6.55. The van der Waals surface area contributed by atoms with Crippen molar-refractivity contribution in [3.63, 3.8) is 0 Å². The van der Waals surface area contributed by atoms with Crippen LogP contribution in [0, 0.1) is 11.3 Å². The first-order valence-corrected chi connectivity index (χ1v) is 10.7. The molecular formula is C25H18Cl2N2O5. The molecule has 1 unspecified atom stereocenters. The number of nitrogens with two attached hydrogens (primary N) is 1. The van der Waals surface area contributed by atoms with Gasteiger partial charge in [0.05, 0.1) is 30.7 Å². The number of ether oxygens (including phenoxy) is 4. The number of carbonyl (C=O) groups is 1. The maximum absolute atomic E-state index is 12.6. The van der Waals surface area contributed by atoms with Crippen LogP contribution in [0.3, 0.4) is 0 Å². The van der Waals surface area contributed by atoms with E-state index < -0.39 is 11.9 Å². The Morgan fingerprint density at radius 3 is 2.53 bits per heavy atom. The number of hydrogen-bond acceptors (Lipinski definition) is 7. The molecule has 0 amide bonds. The fourth-order valence-electron chi connectivity index (χ4n) is 3.78. The Bertz CT molecular complexity index is 1360. The fourth-order valence-corrected chi connectivity index (χ4v) is 4.26. The summed E-state index contributed by atoms with van der Waals surface area (Å²) in [5.41, 5.74) is 7.79. The molecule has 0 radical (unpaired) electrons. The number of nitriles is 1. The van der Waals surface area contributed by atoms with Gasteiger partial charge in [0.2, 0.25) is 5.88 Å². The highest BCUT2D eigenvalue weighted by atomic mass is 35.5. The van der Waals surface area contributed by atoms with Crippen LogP contribution in [0.1, 0.15) is 27.4 Å². The normalized spacial score (nSPS) is 14.5. The molecule has 172 valence electrons. The Labute approximate surface area is 205 Å². The SMILES string of the molecule is COc1cccc(C2C(C#N)=C(N)Oc3cc(OC(=O)c4ccc(Cl)cc4Cl)ccc32)c1OC. The maximum Gasteiger partial charge on any atom is 0.345 e. The molecule has 2 N–H and O–H groups in total. The molecule has 0 saturated heterocycles. The van der Waals surface area contributed by atoms with Gasteiger partial charge in [-0.2, -0.15) is 5.26 Å². The zero-order valence-electron chi connectivity index (χ0n) is 18.1. The van der Waals surface area contributed by atoms with Gasteiger partial charge in [-0.05, 0) is 30.3 Å². The summed E-state index contributed by atoms with van der Waals surface area (Å²) < 4.78 is 22.2. The quantitative estimate of drug-likeness (QED) is 0.369. The van der Waals surface area contributed by atoms with Crippen molar-refractivity contribution in [2.24, 2.45) is 5.73 Å². The largest absolute Gasteiger partial charge is 0.493 e. The number of halogens is 2. The molecule has 0 aromatic heterocycles. The third kappa shape index (κ3) is 4.21. The molecule has 3 aromatic rings. The van der Waals surface area contributed by atoms with Crippen molar-refractivity contribution < 1.29 is 23.7 Å². The third-order valence-corrected chi connectivity index (χ3v) is 5.84. The zero-order chi connectivity index (χ0) is 24.4. The van der Waals surface area contributed by atoms with Crippen molar-refractivity contribution >= 4 is 29.2 Å². The van der Waals surface area contributed by atoms with Gasteiger partial charge in [-0.15, -0.1) is 0 Å². The van der Waals surface area contributed by atoms with Gasteiger partial charge in [0.15, 0.2) is 11.5 Å². The summed E-state index contributed by atoms with van der Waals surface area (Å²) in [7, 11) is 3.05. The van der Waals surface area contributed by atoms with Crippen LogP contribution in [0.5, 0.6) is 23.0 Å². The summed E-state index contributed by atoms with van der Waals surface area (Å²) in [6.07, 6.45) is 0. The highest BCUT2D eigenvalue weighted by molar-refractivity contribution is 6.36. The summed E-state index contributed by atoms with van der Waals surface area (Å²) in [5.74, 6) is 0.205. The van der Waals surface area contributed by atoms with E-state index >= 15 is 0 Å². The molecule has 0 fully saturated rings. The minimum atomic E-state index is -0.662. The predicted octanol–water partition coefficient (Wildman–Crippen LogP) is 5.45. The van der Waals surface area contributed by atoms with E-state index in [9.17, 15) is 10.1 Å². The van der Waals surface area contributed by atoms with Crippen LogP contribution in [0.4, 0.5) is 0 Å². The van der Waals surface area contributed by atoms with Crippen LogP contribution in [-0.4, -0.2) is 20.2 Å². The zero-order valence-corrected chi connectivity index (χ0v) is 19.6. The van der Waals surface area contributed by atoms with Crippen LogP contribution < -0.4 is 24.7 Å². The first-order chi connectivity index (χ1) is 16.4. The summed E-state index contributed by atoms with van der Waals surface area (Å²) in [6.45, 7) is 0. The molecule has 1 atom stereocenters. The Morgan fingerprint density at radius 2 is 1.85 bits per heavy atom. The lowest BCUT2D eigenvalue weighted by molar-refractivity contribution is 0.0734. The van der Waals surface area contributed by atoms with Crippen molar-refractivity contribution in [2.45, 2.75) is 5.92 Å². The van der Waals surface area contributed by atoms with Gasteiger partial charge in [0.1, 0.15) is 23.1 Å². The van der Waals surface area contributed by atoms with Crippen LogP contribution in [-0.2, 0) is 0 Å². The number of fused-ring (bicyclic) bond motifs is 1. The lowest BCUT2D eigenvalue weighted by Crippen LogP contribution is -2.21. The first-order valence-electron chi connectivity index (χ1n) is 9.97. The lowest BCUT2D eigenvalue weighted by Gasteiger charge is -2.28. The smallest absolute Gasteiger partial charge is 0.345 e. The number of para-hydroxylation sites is 1. The molecule has 9 heteroatoms. The Morgan fingerprint density at radius 1 is 1.06 bits per heavy atom. The maximum atomic E-state index is 12.6. The molecule has 3 aromatic carbocycles. The van der Waals surface area contributed by atoms with E-state index in [1.807, 2.05) is 6.07 Å². The van der Waals surface area contributed by atoms with Crippen LogP contribution >= 0.6 is 23.2 Å². The molecule has 1 aliphatic rings. The molecule has 0 spiro atoms. The minimum Gasteiger partial charge on any atom is -0.493 e. The highest BCUT2D eigenvalue weighted by Crippen LogP contribution is 2.48. The number of methoxy groups -OCH3 is 2. The minimum absolute atomic E-state index is 0.0610. The van der Waals surface area contributed by atoms with E-state index in [1.54, 1.807) is 30.3 Å². The average Bonchev–Trinajstić information content (AvgIpc) is 2.82. The van der Waals surface area contributed by atoms with Crippen LogP contribution in [0.2, 0.25) is 10.0 Å². The Hall–Kier alpha value is -3.86. The number of benzene rings is 3. The van der Waals surface area contributed by atoms with Gasteiger partial charge < -0.3 is 24.7 Å². The van der Waals surface area contributed by atoms with Gasteiger partial charge in [0, 0.05) is 22.2 Å². The molecule has 1 aliphatic heterocycles. The van der Waals surface area contributed by atoms with E-state index in [-0.39, 0.29) is 27.8 Å². The highest BCUT2D eigenvalue weighted by Gasteiger charge is 2.34. The molecule has 1 heterocycles. The number of carbonyl (C=O) groups excluding carboxylic acids is 1. The number of allylic oxidation sites excluding steroid dienone is 1. The van der Waals surface area contributed by atoms with Gasteiger partial charge in [0.25, 0.3) is 0 Å². The molecular weight excluding hydrogens is 479 g/mol. The molecule has 4 rings (SSSR count). The van der Waals surface area contributed by atoms with Crippen molar-refractivity contribution in [3.05, 3.63) is 92.8 Å². The predicted molar refractivity (Wildman–Crippen MR) is 127 cm³/mol. The average molecular weight is 497 g/mol. The molecule has 0 aliphatic carbocycles. The number of esters is 1. The second kappa shape index (κ2) is 9.56. The molecule has 0 bridgehead atoms. The van der Waals surface area contributed by atoms with Gasteiger partial charge in [-0.1, -0.05) is 41.4 Å². The number of nitrogens with zero attached hydrogens (tertiary/aromatic N) is 1. The number of rotatable bonds is 5. The van der Waals surface area contributed by atoms with E-state index in [0.717, 1.165) is 0 Å². The van der Waals surface area contributed by atoms with Gasteiger partial charge in [-0.25, -0.2) is 4.79 Å². The summed E-state index contributed by atoms with van der Waals surface area (Å²) in [6, 6.07) is 16.8. The standard InChI is InChI=1S/C25H18Cl2N2O5/c1-31-20-5-3-4-17(23(20)32-2)22-16-9-7-14(11-21(16)34-24(29)18(22)12-28)33-25(30)15-8-6-13(26)10-19(15)27/h3-11,22H,29H2,1-2H3. The number of hydrogen-bond donors (Lipinski definition) is 1. The second-order valence-corrected chi connectivity index (χ2v) is 8.06. The molecule has 34 heavy (non-hydrogen) atoms. The van der Waals surface area contributed by atoms with Crippen molar-refractivity contribution in [3.8, 4) is 29.1 Å². The fraction of sp³-hybridized carbons (Fsp3) is 0.120. The first kappa shape index (κ1) is 23.3. The van der Waals surface area contributed by atoms with E-state index in [2.05, 4.69) is 6.07 Å². The van der Waals surface area contributed by atoms with Crippen LogP contribution in [0.15, 0.2) is 66.1 Å². The van der Waals surface area contributed by atoms with Crippen molar-refractivity contribution in [2.75, 3.05) is 14.2 Å². The monoisotopic (exact) mass is 496 g/mol. The van der Waals surface area contributed by atoms with Gasteiger partial charge >= 0.3 is 5.97 Å². The molecule has 7 nitrogen and oxygen atoms in total. The van der Waals surface area contributed by atoms with E-state index in [0.29, 0.717) is 33.4 Å². The van der Waals surface area contributed by atoms with Crippen molar-refractivity contribution in [1.29, 1.82) is 5.26 Å². The summed E-state index contributed by atoms with van der Waals surface area (Å²) >= 11 is 12.0. The molecule has 0 saturated carbocycles. The van der Waals surface area contributed by atoms with E-state index in [1.165, 1.54) is 32.4 Å². The van der Waals surface area contributed by atoms with E-state index in [4.69, 9.17) is 47.9 Å². The third-order valence-electron chi connectivity index (χ3n) is 5.30. The van der Waals surface area contributed by atoms with Crippen molar-refractivity contribution in [1.82, 2.24) is 0 Å². The topological polar surface area (TPSA) is 104 Å². The second-order valence-electron chi connectivity index (χ2n) is 7.22. The summed E-state index contributed by atoms with van der Waals surface area (Å²) in [5, 5.41) is 10.4. The van der Waals surface area contributed by atoms with Gasteiger partial charge in [-0.3, -0.25) is 0 Å². The lowest BCUT2D eigenvalue weighted by atomic mass is 9.83. The van der Waals surface area contributed by atoms with Crippen LogP contribution in [0.25, 0.3) is 0 Å². The summed E-state index contributed by atoms with van der Waals surface area (Å²) in [4.78, 5) is 12.6.